The Morgan fingerprint density at radius 1 is 1.21 bits per heavy atom. The Hall–Kier alpha value is -0.290. The fourth-order valence-electron chi connectivity index (χ4n) is 1.24. The molecular weight excluding hydrogens is 289 g/mol. The van der Waals surface area contributed by atoms with Crippen molar-refractivity contribution in [2.24, 2.45) is 0 Å². The highest BCUT2D eigenvalue weighted by Crippen LogP contribution is 2.12. The van der Waals surface area contributed by atoms with Crippen LogP contribution in [0.4, 0.5) is 5.69 Å². The molecule has 2 nitrogen and oxygen atoms in total. The van der Waals surface area contributed by atoms with Crippen molar-refractivity contribution in [1.82, 2.24) is 0 Å². The Morgan fingerprint density at radius 3 is 2.79 bits per heavy atom. The molecule has 0 aliphatic rings. The molecule has 0 saturated carbocycles. The summed E-state index contributed by atoms with van der Waals surface area (Å²) in [6, 6.07) is 8.34. The molecule has 1 rings (SSSR count). The Morgan fingerprint density at radius 2 is 2.07 bits per heavy atom. The third-order valence-electron chi connectivity index (χ3n) is 1.99. The molecule has 14 heavy (non-hydrogen) atoms. The molecule has 1 aromatic rings. The Bertz CT molecular complexity index is 265. The molecule has 0 aliphatic heterocycles. The quantitative estimate of drug-likeness (QED) is 0.626. The van der Waals surface area contributed by atoms with Crippen molar-refractivity contribution in [2.45, 2.75) is 19.3 Å². The van der Waals surface area contributed by atoms with Crippen molar-refractivity contribution in [3.63, 3.8) is 0 Å². The van der Waals surface area contributed by atoms with Gasteiger partial charge in [-0.1, -0.05) is 6.07 Å². The Balaban J connectivity index is 2.18. The van der Waals surface area contributed by atoms with Crippen molar-refractivity contribution in [3.05, 3.63) is 27.8 Å². The van der Waals surface area contributed by atoms with Crippen LogP contribution in [0.2, 0.25) is 0 Å². The van der Waals surface area contributed by atoms with Crippen LogP contribution in [-0.2, 0) is 0 Å². The number of nitrogens with one attached hydrogen (secondary N) is 1. The molecule has 3 heteroatoms. The number of unbranched alkanes of at least 4 members (excludes halogenated alkanes) is 2. The largest absolute Gasteiger partial charge is 0.396 e. The van der Waals surface area contributed by atoms with Crippen LogP contribution < -0.4 is 5.32 Å². The molecule has 1 aromatic carbocycles. The SMILES string of the molecule is OCCCCCNc1cccc(I)c1. The number of halogens is 1. The van der Waals surface area contributed by atoms with Gasteiger partial charge in [-0.3, -0.25) is 0 Å². The van der Waals surface area contributed by atoms with E-state index in [4.69, 9.17) is 5.11 Å². The number of aliphatic hydroxyl groups excluding tert-OH is 1. The minimum atomic E-state index is 0.309. The lowest BCUT2D eigenvalue weighted by Gasteiger charge is -2.05. The van der Waals surface area contributed by atoms with Crippen LogP contribution in [0, 0.1) is 3.57 Å². The van der Waals surface area contributed by atoms with Gasteiger partial charge in [-0.15, -0.1) is 0 Å². The normalized spacial score (nSPS) is 10.1. The summed E-state index contributed by atoms with van der Waals surface area (Å²) in [5.41, 5.74) is 1.18. The van der Waals surface area contributed by atoms with E-state index in [1.54, 1.807) is 0 Å². The number of hydrogen-bond acceptors (Lipinski definition) is 2. The lowest BCUT2D eigenvalue weighted by Crippen LogP contribution is -2.01. The van der Waals surface area contributed by atoms with Crippen molar-refractivity contribution in [1.29, 1.82) is 0 Å². The lowest BCUT2D eigenvalue weighted by atomic mass is 10.2. The second-order valence-corrected chi connectivity index (χ2v) is 4.47. The van der Waals surface area contributed by atoms with E-state index < -0.39 is 0 Å². The van der Waals surface area contributed by atoms with E-state index in [9.17, 15) is 0 Å². The fourth-order valence-corrected chi connectivity index (χ4v) is 1.79. The molecule has 0 spiro atoms. The molecule has 78 valence electrons. The van der Waals surface area contributed by atoms with E-state index in [1.165, 1.54) is 9.26 Å². The molecule has 0 fully saturated rings. The lowest BCUT2D eigenvalue weighted by molar-refractivity contribution is 0.283. The van der Waals surface area contributed by atoms with Crippen molar-refractivity contribution >= 4 is 28.3 Å². The molecule has 0 unspecified atom stereocenters. The minimum Gasteiger partial charge on any atom is -0.396 e. The maximum absolute atomic E-state index is 8.60. The van der Waals surface area contributed by atoms with Gasteiger partial charge in [-0.25, -0.2) is 0 Å². The maximum atomic E-state index is 8.60. The average Bonchev–Trinajstić information content (AvgIpc) is 2.18. The summed E-state index contributed by atoms with van der Waals surface area (Å²) in [5, 5.41) is 12.0. The summed E-state index contributed by atoms with van der Waals surface area (Å²) in [5.74, 6) is 0. The molecule has 2 N–H and O–H groups in total. The maximum Gasteiger partial charge on any atom is 0.0431 e. The summed E-state index contributed by atoms with van der Waals surface area (Å²) in [6.07, 6.45) is 3.12. The van der Waals surface area contributed by atoms with Gasteiger partial charge in [0, 0.05) is 22.4 Å². The molecule has 0 bridgehead atoms. The van der Waals surface area contributed by atoms with Crippen LogP contribution in [-0.4, -0.2) is 18.3 Å². The zero-order valence-corrected chi connectivity index (χ0v) is 10.3. The Kier molecular flexibility index (Phi) is 5.94. The smallest absolute Gasteiger partial charge is 0.0431 e. The van der Waals surface area contributed by atoms with Crippen LogP contribution in [0.3, 0.4) is 0 Å². The highest BCUT2D eigenvalue weighted by atomic mass is 127. The van der Waals surface area contributed by atoms with Gasteiger partial charge < -0.3 is 10.4 Å². The third kappa shape index (κ3) is 4.81. The predicted octanol–water partition coefficient (Wildman–Crippen LogP) is 2.87. The van der Waals surface area contributed by atoms with E-state index in [2.05, 4.69) is 52.2 Å². The molecule has 0 amide bonds. The molecular formula is C11H16INO. The standard InChI is InChI=1S/C11H16INO/c12-10-5-4-6-11(9-10)13-7-2-1-3-8-14/h4-6,9,13-14H,1-3,7-8H2. The summed E-state index contributed by atoms with van der Waals surface area (Å²) < 4.78 is 1.25. The summed E-state index contributed by atoms with van der Waals surface area (Å²) in [7, 11) is 0. The number of benzene rings is 1. The highest BCUT2D eigenvalue weighted by Gasteiger charge is 1.92. The first-order valence-corrected chi connectivity index (χ1v) is 6.01. The zero-order chi connectivity index (χ0) is 10.2. The van der Waals surface area contributed by atoms with Crippen LogP contribution in [0.5, 0.6) is 0 Å². The van der Waals surface area contributed by atoms with Crippen LogP contribution in [0.15, 0.2) is 24.3 Å². The molecule has 0 heterocycles. The van der Waals surface area contributed by atoms with Gasteiger partial charge in [-0.05, 0) is 60.1 Å². The van der Waals surface area contributed by atoms with Gasteiger partial charge >= 0.3 is 0 Å². The van der Waals surface area contributed by atoms with Crippen LogP contribution in [0.1, 0.15) is 19.3 Å². The summed E-state index contributed by atoms with van der Waals surface area (Å²) in [4.78, 5) is 0. The first-order chi connectivity index (χ1) is 6.83. The first kappa shape index (κ1) is 11.8. The summed E-state index contributed by atoms with van der Waals surface area (Å²) in [6.45, 7) is 1.29. The van der Waals surface area contributed by atoms with Crippen molar-refractivity contribution in [3.8, 4) is 0 Å². The Labute approximate surface area is 98.9 Å². The van der Waals surface area contributed by atoms with E-state index in [0.717, 1.165) is 25.8 Å². The second-order valence-electron chi connectivity index (χ2n) is 3.22. The number of hydrogen-bond donors (Lipinski definition) is 2. The number of rotatable bonds is 6. The highest BCUT2D eigenvalue weighted by molar-refractivity contribution is 14.1. The van der Waals surface area contributed by atoms with Gasteiger partial charge in [0.25, 0.3) is 0 Å². The van der Waals surface area contributed by atoms with Gasteiger partial charge in [-0.2, -0.15) is 0 Å². The third-order valence-corrected chi connectivity index (χ3v) is 2.66. The van der Waals surface area contributed by atoms with E-state index in [-0.39, 0.29) is 0 Å². The van der Waals surface area contributed by atoms with Crippen LogP contribution in [0.25, 0.3) is 0 Å². The molecule has 0 radical (unpaired) electrons. The van der Waals surface area contributed by atoms with Gasteiger partial charge in [0.05, 0.1) is 0 Å². The fraction of sp³-hybridized carbons (Fsp3) is 0.455. The second kappa shape index (κ2) is 7.06. The van der Waals surface area contributed by atoms with E-state index in [0.29, 0.717) is 6.61 Å². The van der Waals surface area contributed by atoms with Crippen molar-refractivity contribution in [2.75, 3.05) is 18.5 Å². The van der Waals surface area contributed by atoms with Gasteiger partial charge in [0.1, 0.15) is 0 Å². The first-order valence-electron chi connectivity index (χ1n) is 4.93. The van der Waals surface area contributed by atoms with Gasteiger partial charge in [0.15, 0.2) is 0 Å². The predicted molar refractivity (Wildman–Crippen MR) is 68.6 cm³/mol. The number of anilines is 1. The summed E-state index contributed by atoms with van der Waals surface area (Å²) >= 11 is 2.31. The van der Waals surface area contributed by atoms with E-state index in [1.807, 2.05) is 0 Å². The van der Waals surface area contributed by atoms with Crippen molar-refractivity contribution < 1.29 is 5.11 Å². The minimum absolute atomic E-state index is 0.309. The average molecular weight is 305 g/mol. The zero-order valence-electron chi connectivity index (χ0n) is 8.17. The molecule has 0 aromatic heterocycles. The molecule has 0 atom stereocenters. The topological polar surface area (TPSA) is 32.3 Å². The van der Waals surface area contributed by atoms with Gasteiger partial charge in [0.2, 0.25) is 0 Å². The van der Waals surface area contributed by atoms with E-state index >= 15 is 0 Å². The monoisotopic (exact) mass is 305 g/mol. The number of aliphatic hydroxyl groups is 1. The molecule has 0 saturated heterocycles. The van der Waals surface area contributed by atoms with Crippen LogP contribution >= 0.6 is 22.6 Å². The molecule has 0 aliphatic carbocycles.